The molecular weight excluding hydrogens is 179 g/mol. The third-order valence-corrected chi connectivity index (χ3v) is 0.725. The molecule has 0 aliphatic carbocycles. The number of carbonyl (C=O) groups is 1. The zero-order chi connectivity index (χ0) is 5.86. The quantitative estimate of drug-likeness (QED) is 0.481. The molecule has 0 rings (SSSR count). The van der Waals surface area contributed by atoms with E-state index in [9.17, 15) is 4.79 Å². The van der Waals surface area contributed by atoms with Gasteiger partial charge in [-0.2, -0.15) is 0 Å². The van der Waals surface area contributed by atoms with E-state index in [-0.39, 0.29) is 44.7 Å². The Bertz CT molecular complexity index is 65.4. The first-order chi connectivity index (χ1) is 3.18. The first-order valence-corrected chi connectivity index (χ1v) is 2.05. The van der Waals surface area contributed by atoms with Crippen LogP contribution >= 0.6 is 0 Å². The van der Waals surface area contributed by atoms with E-state index in [0.29, 0.717) is 6.29 Å². The van der Waals surface area contributed by atoms with E-state index in [1.54, 1.807) is 0 Å². The molecule has 0 aliphatic rings. The molecule has 0 bridgehead atoms. The van der Waals surface area contributed by atoms with Gasteiger partial charge >= 0.3 is 0 Å². The van der Waals surface area contributed by atoms with Gasteiger partial charge in [0.1, 0.15) is 0 Å². The topological polar surface area (TPSA) is 43.1 Å². The van der Waals surface area contributed by atoms with E-state index in [0.717, 1.165) is 0 Å². The first kappa shape index (κ1) is 11.5. The van der Waals surface area contributed by atoms with Crippen molar-refractivity contribution in [3.05, 3.63) is 13.8 Å². The Hall–Kier alpha value is 0.734. The van der Waals surface area contributed by atoms with Crippen molar-refractivity contribution in [3.8, 4) is 0 Å². The average Bonchev–Trinajstić information content (AvgIpc) is 1.65. The van der Waals surface area contributed by atoms with Gasteiger partial charge in [0.25, 0.3) is 0 Å². The molecule has 2 atom stereocenters. The van der Waals surface area contributed by atoms with Crippen LogP contribution < -0.4 is 5.73 Å². The summed E-state index contributed by atoms with van der Waals surface area (Å²) in [6.45, 7) is 6.79. The summed E-state index contributed by atoms with van der Waals surface area (Å²) in [4.78, 5) is 9.76. The van der Waals surface area contributed by atoms with Gasteiger partial charge in [0.15, 0.2) is 0 Å². The maximum atomic E-state index is 9.76. The summed E-state index contributed by atoms with van der Waals surface area (Å²) in [6.07, 6.45) is 0.692. The molecular formula is C5H9NOY-2. The van der Waals surface area contributed by atoms with Crippen LogP contribution in [0, 0.1) is 19.8 Å². The predicted molar refractivity (Wildman–Crippen MR) is 28.2 cm³/mol. The fourth-order valence-corrected chi connectivity index (χ4v) is 0.101. The van der Waals surface area contributed by atoms with Crippen LogP contribution in [0.1, 0.15) is 0 Å². The van der Waals surface area contributed by atoms with Crippen molar-refractivity contribution in [1.29, 1.82) is 0 Å². The summed E-state index contributed by atoms with van der Waals surface area (Å²) in [5.41, 5.74) is 5.14. The Morgan fingerprint density at radius 2 is 1.88 bits per heavy atom. The number of hydrogen-bond donors (Lipinski definition) is 1. The summed E-state index contributed by atoms with van der Waals surface area (Å²) in [5.74, 6) is -0.361. The second-order valence-electron chi connectivity index (χ2n) is 1.46. The van der Waals surface area contributed by atoms with Gasteiger partial charge in [0.2, 0.25) is 0 Å². The van der Waals surface area contributed by atoms with Gasteiger partial charge in [0.05, 0.1) is 6.29 Å². The number of aldehydes is 1. The van der Waals surface area contributed by atoms with Gasteiger partial charge < -0.3 is 24.4 Å². The summed E-state index contributed by atoms with van der Waals surface area (Å²) < 4.78 is 0. The van der Waals surface area contributed by atoms with Gasteiger partial charge in [0, 0.05) is 32.7 Å². The van der Waals surface area contributed by atoms with Gasteiger partial charge in [-0.25, -0.2) is 0 Å². The van der Waals surface area contributed by atoms with Crippen LogP contribution in [0.3, 0.4) is 0 Å². The maximum Gasteiger partial charge on any atom is 0.0917 e. The van der Waals surface area contributed by atoms with E-state index in [2.05, 4.69) is 13.8 Å². The maximum absolute atomic E-state index is 9.76. The second-order valence-corrected chi connectivity index (χ2v) is 1.46. The molecule has 0 aromatic rings. The van der Waals surface area contributed by atoms with Gasteiger partial charge in [-0.3, -0.25) is 0 Å². The molecule has 0 amide bonds. The van der Waals surface area contributed by atoms with Crippen LogP contribution in [0.5, 0.6) is 0 Å². The molecule has 0 aromatic heterocycles. The van der Waals surface area contributed by atoms with Gasteiger partial charge in [-0.1, -0.05) is 0 Å². The molecule has 0 aromatic carbocycles. The fraction of sp³-hybridized carbons (Fsp3) is 0.400. The second kappa shape index (κ2) is 5.86. The van der Waals surface area contributed by atoms with Crippen LogP contribution in [0.25, 0.3) is 0 Å². The molecule has 0 aliphatic heterocycles. The molecule has 2 N–H and O–H groups in total. The minimum Gasteiger partial charge on any atom is -0.359 e. The summed E-state index contributed by atoms with van der Waals surface area (Å²) in [6, 6.07) is -0.363. The van der Waals surface area contributed by atoms with Crippen LogP contribution in [-0.2, 0) is 37.5 Å². The summed E-state index contributed by atoms with van der Waals surface area (Å²) in [5, 5.41) is 0. The van der Waals surface area contributed by atoms with E-state index in [4.69, 9.17) is 5.73 Å². The van der Waals surface area contributed by atoms with Crippen molar-refractivity contribution in [2.24, 2.45) is 11.7 Å². The van der Waals surface area contributed by atoms with Crippen molar-refractivity contribution in [2.75, 3.05) is 0 Å². The molecule has 8 heavy (non-hydrogen) atoms. The van der Waals surface area contributed by atoms with E-state index in [1.807, 2.05) is 0 Å². The molecule has 0 spiro atoms. The molecule has 0 saturated carbocycles. The van der Waals surface area contributed by atoms with E-state index in [1.165, 1.54) is 0 Å². The number of rotatable bonds is 2. The van der Waals surface area contributed by atoms with Crippen molar-refractivity contribution < 1.29 is 37.5 Å². The third kappa shape index (κ3) is 4.88. The minimum absolute atomic E-state index is 0. The van der Waals surface area contributed by atoms with E-state index < -0.39 is 0 Å². The Labute approximate surface area is 75.1 Å². The Balaban J connectivity index is 0. The van der Waals surface area contributed by atoms with Crippen LogP contribution in [0.4, 0.5) is 0 Å². The Morgan fingerprint density at radius 1 is 1.50 bits per heavy atom. The smallest absolute Gasteiger partial charge is 0.0917 e. The van der Waals surface area contributed by atoms with Gasteiger partial charge in [-0.05, 0) is 0 Å². The van der Waals surface area contributed by atoms with Crippen molar-refractivity contribution in [3.63, 3.8) is 0 Å². The zero-order valence-corrected chi connectivity index (χ0v) is 7.55. The zero-order valence-electron chi connectivity index (χ0n) is 4.71. The third-order valence-electron chi connectivity index (χ3n) is 0.725. The van der Waals surface area contributed by atoms with Crippen molar-refractivity contribution >= 4 is 6.29 Å². The molecule has 2 unspecified atom stereocenters. The van der Waals surface area contributed by atoms with Crippen LogP contribution in [0.15, 0.2) is 0 Å². The van der Waals surface area contributed by atoms with Crippen molar-refractivity contribution in [2.45, 2.75) is 6.04 Å². The Kier molecular flexibility index (Phi) is 8.44. The molecule has 0 saturated heterocycles. The number of nitrogens with two attached hydrogens (primary N) is 1. The van der Waals surface area contributed by atoms with Crippen LogP contribution in [0.2, 0.25) is 0 Å². The van der Waals surface area contributed by atoms with Gasteiger partial charge in [-0.15, -0.1) is 12.0 Å². The molecule has 3 heteroatoms. The fourth-order valence-electron chi connectivity index (χ4n) is 0.101. The first-order valence-electron chi connectivity index (χ1n) is 2.05. The largest absolute Gasteiger partial charge is 0.359 e. The van der Waals surface area contributed by atoms with Crippen LogP contribution in [-0.4, -0.2) is 12.3 Å². The van der Waals surface area contributed by atoms with Crippen molar-refractivity contribution in [1.82, 2.24) is 0 Å². The SMILES string of the molecule is [CH2-]C(N)C([CH2-])C=O.[Y]. The molecule has 1 radical (unpaired) electrons. The summed E-state index contributed by atoms with van der Waals surface area (Å²) in [7, 11) is 0. The molecule has 2 nitrogen and oxygen atoms in total. The number of carbonyl (C=O) groups excluding carboxylic acids is 1. The Morgan fingerprint density at radius 3 is 1.88 bits per heavy atom. The summed E-state index contributed by atoms with van der Waals surface area (Å²) >= 11 is 0. The normalized spacial score (nSPS) is 15.9. The predicted octanol–water partition coefficient (Wildman–Crippen LogP) is -0.206. The molecule has 0 fully saturated rings. The monoisotopic (exact) mass is 188 g/mol. The minimum atomic E-state index is -0.363. The number of hydrogen-bond acceptors (Lipinski definition) is 2. The molecule has 0 heterocycles. The standard InChI is InChI=1S/C5H9NO.Y/c1-4(3-7)5(2)6;/h3-5H,1-2,6H2;/q-2;. The van der Waals surface area contributed by atoms with E-state index >= 15 is 0 Å². The average molecular weight is 188 g/mol. The molecule has 45 valence electrons.